The van der Waals surface area contributed by atoms with Gasteiger partial charge in [-0.05, 0) is 12.0 Å². The number of aromatic nitrogens is 1. The third-order valence-electron chi connectivity index (χ3n) is 3.72. The second-order valence-corrected chi connectivity index (χ2v) is 5.60. The quantitative estimate of drug-likeness (QED) is 0.847. The van der Waals surface area contributed by atoms with Crippen molar-refractivity contribution in [3.8, 4) is 0 Å². The molecule has 1 aliphatic rings. The summed E-state index contributed by atoms with van der Waals surface area (Å²) < 4.78 is 16.0. The first kappa shape index (κ1) is 15.7. The minimum Gasteiger partial charge on any atom is -0.381 e. The number of hydrogen-bond donors (Lipinski definition) is 1. The van der Waals surface area contributed by atoms with Crippen LogP contribution in [0.4, 0.5) is 0 Å². The van der Waals surface area contributed by atoms with E-state index in [-0.39, 0.29) is 18.2 Å². The summed E-state index contributed by atoms with van der Waals surface area (Å²) >= 11 is 0. The summed E-state index contributed by atoms with van der Waals surface area (Å²) in [6.07, 6.45) is 0.984. The Morgan fingerprint density at radius 3 is 2.96 bits per heavy atom. The minimum atomic E-state index is -0.227. The van der Waals surface area contributed by atoms with Crippen LogP contribution in [0.3, 0.4) is 0 Å². The van der Waals surface area contributed by atoms with E-state index in [0.717, 1.165) is 18.6 Å². The van der Waals surface area contributed by atoms with E-state index in [1.165, 1.54) is 0 Å². The Bertz CT molecular complexity index is 621. The van der Waals surface area contributed by atoms with Crippen molar-refractivity contribution >= 4 is 5.91 Å². The van der Waals surface area contributed by atoms with Gasteiger partial charge in [-0.25, -0.2) is 0 Å². The van der Waals surface area contributed by atoms with Crippen LogP contribution in [0.5, 0.6) is 0 Å². The molecular formula is C17H20N2O4. The summed E-state index contributed by atoms with van der Waals surface area (Å²) in [6.45, 7) is 2.85. The van der Waals surface area contributed by atoms with Gasteiger partial charge in [0.1, 0.15) is 6.61 Å². The van der Waals surface area contributed by atoms with Gasteiger partial charge < -0.3 is 19.3 Å². The van der Waals surface area contributed by atoms with Crippen LogP contribution < -0.4 is 5.32 Å². The van der Waals surface area contributed by atoms with Gasteiger partial charge in [0.25, 0.3) is 5.91 Å². The lowest BCUT2D eigenvalue weighted by molar-refractivity contribution is 0.0877. The fraction of sp³-hybridized carbons (Fsp3) is 0.412. The highest BCUT2D eigenvalue weighted by Gasteiger charge is 2.18. The molecule has 1 atom stereocenters. The third kappa shape index (κ3) is 4.64. The molecule has 0 bridgehead atoms. The second kappa shape index (κ2) is 7.89. The molecule has 0 unspecified atom stereocenters. The number of nitrogens with one attached hydrogen (secondary N) is 1. The molecule has 1 aliphatic heterocycles. The molecule has 1 aromatic carbocycles. The topological polar surface area (TPSA) is 73.6 Å². The Labute approximate surface area is 134 Å². The van der Waals surface area contributed by atoms with E-state index in [2.05, 4.69) is 10.5 Å². The van der Waals surface area contributed by atoms with Crippen LogP contribution in [0, 0.1) is 5.92 Å². The fourth-order valence-corrected chi connectivity index (χ4v) is 2.40. The van der Waals surface area contributed by atoms with Crippen LogP contribution in [-0.2, 0) is 22.7 Å². The molecule has 1 fully saturated rings. The van der Waals surface area contributed by atoms with Crippen LogP contribution in [-0.4, -0.2) is 30.8 Å². The molecule has 0 spiro atoms. The van der Waals surface area contributed by atoms with E-state index in [0.29, 0.717) is 31.4 Å². The van der Waals surface area contributed by atoms with Gasteiger partial charge in [-0.15, -0.1) is 0 Å². The van der Waals surface area contributed by atoms with Crippen molar-refractivity contribution in [2.45, 2.75) is 19.6 Å². The van der Waals surface area contributed by atoms with Gasteiger partial charge in [0.05, 0.1) is 13.2 Å². The molecule has 1 N–H and O–H groups in total. The van der Waals surface area contributed by atoms with E-state index in [4.69, 9.17) is 14.0 Å². The second-order valence-electron chi connectivity index (χ2n) is 5.60. The normalized spacial score (nSPS) is 17.3. The third-order valence-corrected chi connectivity index (χ3v) is 3.72. The summed E-state index contributed by atoms with van der Waals surface area (Å²) in [6, 6.07) is 11.5. The highest BCUT2D eigenvalue weighted by molar-refractivity contribution is 5.92. The van der Waals surface area contributed by atoms with E-state index < -0.39 is 0 Å². The predicted octanol–water partition coefficient (Wildman–Crippen LogP) is 2.16. The molecule has 1 saturated heterocycles. The maximum Gasteiger partial charge on any atom is 0.273 e. The number of ether oxygens (including phenoxy) is 2. The number of amides is 1. The van der Waals surface area contributed by atoms with E-state index in [1.807, 2.05) is 30.3 Å². The van der Waals surface area contributed by atoms with Crippen molar-refractivity contribution in [2.24, 2.45) is 5.92 Å². The van der Waals surface area contributed by atoms with Crippen LogP contribution in [0.25, 0.3) is 0 Å². The molecule has 122 valence electrons. The van der Waals surface area contributed by atoms with Gasteiger partial charge in [-0.3, -0.25) is 4.79 Å². The van der Waals surface area contributed by atoms with Crippen molar-refractivity contribution < 1.29 is 18.8 Å². The van der Waals surface area contributed by atoms with Crippen LogP contribution >= 0.6 is 0 Å². The lowest BCUT2D eigenvalue weighted by Gasteiger charge is -2.07. The Morgan fingerprint density at radius 2 is 2.17 bits per heavy atom. The molecule has 2 heterocycles. The molecule has 23 heavy (non-hydrogen) atoms. The number of rotatable bonds is 7. The number of carbonyl (C=O) groups excluding carboxylic acids is 1. The van der Waals surface area contributed by atoms with Crippen LogP contribution in [0.1, 0.15) is 28.2 Å². The van der Waals surface area contributed by atoms with E-state index in [9.17, 15) is 4.79 Å². The average Bonchev–Trinajstić information content (AvgIpc) is 3.25. The lowest BCUT2D eigenvalue weighted by Crippen LogP contribution is -2.29. The SMILES string of the molecule is O=C(NC[C@H]1CCOC1)c1cc(COCc2ccccc2)on1. The van der Waals surface area contributed by atoms with Crippen molar-refractivity contribution in [2.75, 3.05) is 19.8 Å². The monoisotopic (exact) mass is 316 g/mol. The average molecular weight is 316 g/mol. The van der Waals surface area contributed by atoms with Gasteiger partial charge in [-0.2, -0.15) is 0 Å². The standard InChI is InChI=1S/C17H20N2O4/c20-17(18-9-14-6-7-21-11-14)16-8-15(23-19-16)12-22-10-13-4-2-1-3-5-13/h1-5,8,14H,6-7,9-12H2,(H,18,20)/t14-/m1/s1. The van der Waals surface area contributed by atoms with E-state index >= 15 is 0 Å². The Morgan fingerprint density at radius 1 is 1.30 bits per heavy atom. The summed E-state index contributed by atoms with van der Waals surface area (Å²) in [5.41, 5.74) is 1.37. The predicted molar refractivity (Wildman–Crippen MR) is 82.7 cm³/mol. The fourth-order valence-electron chi connectivity index (χ4n) is 2.40. The zero-order valence-electron chi connectivity index (χ0n) is 12.9. The molecular weight excluding hydrogens is 296 g/mol. The van der Waals surface area contributed by atoms with Crippen molar-refractivity contribution in [3.63, 3.8) is 0 Å². The number of nitrogens with zero attached hydrogens (tertiary/aromatic N) is 1. The Kier molecular flexibility index (Phi) is 5.39. The number of benzene rings is 1. The van der Waals surface area contributed by atoms with Gasteiger partial charge in [0.2, 0.25) is 0 Å². The molecule has 6 heteroatoms. The largest absolute Gasteiger partial charge is 0.381 e. The van der Waals surface area contributed by atoms with Crippen molar-refractivity contribution in [1.29, 1.82) is 0 Å². The first-order valence-corrected chi connectivity index (χ1v) is 7.74. The number of hydrogen-bond acceptors (Lipinski definition) is 5. The molecule has 6 nitrogen and oxygen atoms in total. The summed E-state index contributed by atoms with van der Waals surface area (Å²) in [4.78, 5) is 12.0. The van der Waals surface area contributed by atoms with Crippen molar-refractivity contribution in [1.82, 2.24) is 10.5 Å². The zero-order chi connectivity index (χ0) is 15.9. The molecule has 1 amide bonds. The lowest BCUT2D eigenvalue weighted by atomic mass is 10.1. The highest BCUT2D eigenvalue weighted by Crippen LogP contribution is 2.11. The molecule has 0 radical (unpaired) electrons. The summed E-state index contributed by atoms with van der Waals surface area (Å²) in [5.74, 6) is 0.699. The first-order chi connectivity index (χ1) is 11.3. The minimum absolute atomic E-state index is 0.227. The summed E-state index contributed by atoms with van der Waals surface area (Å²) in [7, 11) is 0. The Balaban J connectivity index is 1.42. The maximum absolute atomic E-state index is 12.0. The first-order valence-electron chi connectivity index (χ1n) is 7.74. The number of carbonyl (C=O) groups is 1. The summed E-state index contributed by atoms with van der Waals surface area (Å²) in [5, 5.41) is 6.64. The van der Waals surface area contributed by atoms with Crippen LogP contribution in [0.15, 0.2) is 40.9 Å². The van der Waals surface area contributed by atoms with Gasteiger partial charge in [0, 0.05) is 25.1 Å². The van der Waals surface area contributed by atoms with Gasteiger partial charge in [-0.1, -0.05) is 35.5 Å². The Hall–Kier alpha value is -2.18. The zero-order valence-corrected chi connectivity index (χ0v) is 12.9. The molecule has 3 rings (SSSR count). The van der Waals surface area contributed by atoms with E-state index in [1.54, 1.807) is 6.07 Å². The maximum atomic E-state index is 12.0. The molecule has 2 aromatic rings. The van der Waals surface area contributed by atoms with Gasteiger partial charge in [0.15, 0.2) is 11.5 Å². The van der Waals surface area contributed by atoms with Crippen molar-refractivity contribution in [3.05, 3.63) is 53.4 Å². The molecule has 0 saturated carbocycles. The smallest absolute Gasteiger partial charge is 0.273 e. The molecule has 0 aliphatic carbocycles. The van der Waals surface area contributed by atoms with Gasteiger partial charge >= 0.3 is 0 Å². The highest BCUT2D eigenvalue weighted by atomic mass is 16.5. The molecule has 1 aromatic heterocycles. The van der Waals surface area contributed by atoms with Crippen LogP contribution in [0.2, 0.25) is 0 Å².